The summed E-state index contributed by atoms with van der Waals surface area (Å²) in [5.41, 5.74) is 9.41. The third-order valence-electron chi connectivity index (χ3n) is 2.44. The van der Waals surface area contributed by atoms with Crippen LogP contribution in [0.2, 0.25) is 0 Å². The van der Waals surface area contributed by atoms with E-state index in [1.165, 1.54) is 6.07 Å². The molecule has 0 aliphatic heterocycles. The molecule has 0 atom stereocenters. The molecule has 0 radical (unpaired) electrons. The number of nitrogens with zero attached hydrogens (tertiary/aromatic N) is 1. The Morgan fingerprint density at radius 1 is 1.41 bits per heavy atom. The average molecular weight is 251 g/mol. The van der Waals surface area contributed by atoms with E-state index in [1.54, 1.807) is 17.4 Å². The molecule has 0 bridgehead atoms. The van der Waals surface area contributed by atoms with E-state index in [2.05, 4.69) is 10.3 Å². The van der Waals surface area contributed by atoms with Gasteiger partial charge in [-0.2, -0.15) is 0 Å². The number of thiazole rings is 1. The quantitative estimate of drug-likeness (QED) is 0.632. The maximum absolute atomic E-state index is 13.2. The van der Waals surface area contributed by atoms with Gasteiger partial charge in [-0.15, -0.1) is 11.3 Å². The molecule has 0 aliphatic carbocycles. The van der Waals surface area contributed by atoms with Crippen LogP contribution in [-0.2, 0) is 13.0 Å². The lowest BCUT2D eigenvalue weighted by atomic mass is 10.2. The number of nitrogens with two attached hydrogens (primary N) is 1. The summed E-state index contributed by atoms with van der Waals surface area (Å²) in [6.45, 7) is 1.47. The van der Waals surface area contributed by atoms with Crippen molar-refractivity contribution in [3.8, 4) is 0 Å². The normalized spacial score (nSPS) is 10.6. The van der Waals surface area contributed by atoms with E-state index < -0.39 is 0 Å². The van der Waals surface area contributed by atoms with Crippen molar-refractivity contribution >= 4 is 17.0 Å². The van der Waals surface area contributed by atoms with Gasteiger partial charge in [0.15, 0.2) is 0 Å². The topological polar surface area (TPSA) is 50.9 Å². The third kappa shape index (κ3) is 3.51. The Labute approximate surface area is 103 Å². The molecule has 2 rings (SSSR count). The first-order valence-corrected chi connectivity index (χ1v) is 6.31. The summed E-state index contributed by atoms with van der Waals surface area (Å²) in [7, 11) is 0. The van der Waals surface area contributed by atoms with Crippen molar-refractivity contribution in [3.05, 3.63) is 46.2 Å². The van der Waals surface area contributed by atoms with Gasteiger partial charge in [0.05, 0.1) is 16.9 Å². The molecule has 90 valence electrons. The molecule has 1 heterocycles. The van der Waals surface area contributed by atoms with Crippen molar-refractivity contribution in [1.29, 1.82) is 0 Å². The van der Waals surface area contributed by atoms with E-state index in [0.29, 0.717) is 6.54 Å². The van der Waals surface area contributed by atoms with E-state index >= 15 is 0 Å². The summed E-state index contributed by atoms with van der Waals surface area (Å²) in [4.78, 5) is 4.19. The molecule has 0 saturated carbocycles. The minimum Gasteiger partial charge on any atom is -0.396 e. The zero-order valence-electron chi connectivity index (χ0n) is 9.32. The van der Waals surface area contributed by atoms with Crippen LogP contribution in [0.1, 0.15) is 11.3 Å². The van der Waals surface area contributed by atoms with Crippen molar-refractivity contribution in [3.63, 3.8) is 0 Å². The molecule has 0 fully saturated rings. The van der Waals surface area contributed by atoms with Gasteiger partial charge in [-0.05, 0) is 17.7 Å². The van der Waals surface area contributed by atoms with Gasteiger partial charge in [0, 0.05) is 24.9 Å². The largest absolute Gasteiger partial charge is 0.396 e. The second kappa shape index (κ2) is 5.75. The van der Waals surface area contributed by atoms with Crippen LogP contribution in [0.3, 0.4) is 0 Å². The zero-order chi connectivity index (χ0) is 12.1. The Bertz CT molecular complexity index is 471. The minimum atomic E-state index is -0.358. The van der Waals surface area contributed by atoms with E-state index in [9.17, 15) is 4.39 Å². The Balaban J connectivity index is 1.76. The monoisotopic (exact) mass is 251 g/mol. The number of benzene rings is 1. The number of rotatable bonds is 5. The molecule has 17 heavy (non-hydrogen) atoms. The molecular formula is C12H14FN3S. The number of hydrogen-bond donors (Lipinski definition) is 2. The van der Waals surface area contributed by atoms with Crippen molar-refractivity contribution in [2.75, 3.05) is 12.3 Å². The first-order chi connectivity index (χ1) is 8.25. The highest BCUT2D eigenvalue weighted by Gasteiger charge is 2.00. The number of halogens is 1. The van der Waals surface area contributed by atoms with Crippen LogP contribution < -0.4 is 11.1 Å². The maximum Gasteiger partial charge on any atom is 0.146 e. The van der Waals surface area contributed by atoms with Crippen LogP contribution in [0.15, 0.2) is 29.1 Å². The smallest absolute Gasteiger partial charge is 0.146 e. The predicted octanol–water partition coefficient (Wildman–Crippen LogP) is 2.20. The standard InChI is InChI=1S/C12H14FN3S/c13-11-5-9(1-2-12(11)14)6-15-4-3-10-7-17-8-16-10/h1-2,5,7-8,15H,3-4,6,14H2. The van der Waals surface area contributed by atoms with Crippen LogP contribution in [0.25, 0.3) is 0 Å². The molecule has 0 aliphatic rings. The van der Waals surface area contributed by atoms with Gasteiger partial charge in [0.1, 0.15) is 5.82 Å². The molecule has 1 aromatic heterocycles. The highest BCUT2D eigenvalue weighted by molar-refractivity contribution is 7.07. The first kappa shape index (κ1) is 12.0. The average Bonchev–Trinajstić information content (AvgIpc) is 2.82. The number of anilines is 1. The summed E-state index contributed by atoms with van der Waals surface area (Å²) in [6, 6.07) is 4.88. The summed E-state index contributed by atoms with van der Waals surface area (Å²) >= 11 is 1.60. The lowest BCUT2D eigenvalue weighted by Gasteiger charge is -2.05. The van der Waals surface area contributed by atoms with Crippen LogP contribution in [0.4, 0.5) is 10.1 Å². The van der Waals surface area contributed by atoms with Gasteiger partial charge in [0.2, 0.25) is 0 Å². The molecular weight excluding hydrogens is 237 g/mol. The number of aromatic nitrogens is 1. The highest BCUT2D eigenvalue weighted by Crippen LogP contribution is 2.11. The van der Waals surface area contributed by atoms with Gasteiger partial charge < -0.3 is 11.1 Å². The Morgan fingerprint density at radius 3 is 3.00 bits per heavy atom. The second-order valence-corrected chi connectivity index (χ2v) is 4.48. The SMILES string of the molecule is Nc1ccc(CNCCc2cscn2)cc1F. The van der Waals surface area contributed by atoms with Gasteiger partial charge in [-0.1, -0.05) is 6.07 Å². The molecule has 0 saturated heterocycles. The molecule has 3 N–H and O–H groups in total. The van der Waals surface area contributed by atoms with Gasteiger partial charge in [0.25, 0.3) is 0 Å². The second-order valence-electron chi connectivity index (χ2n) is 3.76. The molecule has 0 amide bonds. The van der Waals surface area contributed by atoms with Crippen molar-refractivity contribution in [2.45, 2.75) is 13.0 Å². The van der Waals surface area contributed by atoms with Gasteiger partial charge in [-0.3, -0.25) is 0 Å². The van der Waals surface area contributed by atoms with E-state index in [4.69, 9.17) is 5.73 Å². The van der Waals surface area contributed by atoms with E-state index in [-0.39, 0.29) is 11.5 Å². The molecule has 0 spiro atoms. The van der Waals surface area contributed by atoms with Crippen molar-refractivity contribution in [2.24, 2.45) is 0 Å². The van der Waals surface area contributed by atoms with Crippen LogP contribution in [0, 0.1) is 5.82 Å². The molecule has 0 unspecified atom stereocenters. The fourth-order valence-electron chi connectivity index (χ4n) is 1.49. The van der Waals surface area contributed by atoms with Gasteiger partial charge >= 0.3 is 0 Å². The third-order valence-corrected chi connectivity index (χ3v) is 3.07. The Hall–Kier alpha value is -1.46. The van der Waals surface area contributed by atoms with Crippen LogP contribution in [0.5, 0.6) is 0 Å². The van der Waals surface area contributed by atoms with E-state index in [0.717, 1.165) is 24.2 Å². The Morgan fingerprint density at radius 2 is 2.29 bits per heavy atom. The lowest BCUT2D eigenvalue weighted by molar-refractivity contribution is 0.624. The fourth-order valence-corrected chi connectivity index (χ4v) is 2.08. The van der Waals surface area contributed by atoms with Gasteiger partial charge in [-0.25, -0.2) is 9.37 Å². The first-order valence-electron chi connectivity index (χ1n) is 5.37. The molecule has 2 aromatic rings. The van der Waals surface area contributed by atoms with Crippen LogP contribution in [-0.4, -0.2) is 11.5 Å². The summed E-state index contributed by atoms with van der Waals surface area (Å²) in [5, 5.41) is 5.28. The number of hydrogen-bond acceptors (Lipinski definition) is 4. The summed E-state index contributed by atoms with van der Waals surface area (Å²) in [6.07, 6.45) is 0.890. The number of nitrogens with one attached hydrogen (secondary N) is 1. The van der Waals surface area contributed by atoms with Crippen molar-refractivity contribution < 1.29 is 4.39 Å². The number of nitrogen functional groups attached to an aromatic ring is 1. The Kier molecular flexibility index (Phi) is 4.06. The maximum atomic E-state index is 13.2. The summed E-state index contributed by atoms with van der Waals surface area (Å²) < 4.78 is 13.2. The predicted molar refractivity (Wildman–Crippen MR) is 68.3 cm³/mol. The minimum absolute atomic E-state index is 0.191. The molecule has 3 nitrogen and oxygen atoms in total. The van der Waals surface area contributed by atoms with Crippen molar-refractivity contribution in [1.82, 2.24) is 10.3 Å². The molecule has 5 heteroatoms. The lowest BCUT2D eigenvalue weighted by Crippen LogP contribution is -2.16. The van der Waals surface area contributed by atoms with E-state index in [1.807, 2.05) is 17.0 Å². The highest BCUT2D eigenvalue weighted by atomic mass is 32.1. The zero-order valence-corrected chi connectivity index (χ0v) is 10.1. The summed E-state index contributed by atoms with van der Waals surface area (Å²) in [5.74, 6) is -0.358. The molecule has 1 aromatic carbocycles. The van der Waals surface area contributed by atoms with Crippen LogP contribution >= 0.6 is 11.3 Å². The fraction of sp³-hybridized carbons (Fsp3) is 0.250.